The van der Waals surface area contributed by atoms with Crippen LogP contribution in [0.15, 0.2) is 0 Å². The molecule has 0 spiro atoms. The first kappa shape index (κ1) is 13.1. The third kappa shape index (κ3) is 3.13. The average Bonchev–Trinajstić information content (AvgIpc) is 2.63. The molecule has 0 bridgehead atoms. The highest BCUT2D eigenvalue weighted by Gasteiger charge is 2.34. The standard InChI is InChI=1S/C12H20N2O4/c15-11(16)9-3-1-4-10(9)13-12(17)14-5-2-7-18-8-6-14/h9-10H,1-8H2,(H,13,17)(H,15,16). The van der Waals surface area contributed by atoms with Gasteiger partial charge in [-0.2, -0.15) is 0 Å². The molecule has 6 heteroatoms. The second kappa shape index (κ2) is 6.04. The minimum atomic E-state index is -0.808. The molecular formula is C12H20N2O4. The van der Waals surface area contributed by atoms with Crippen LogP contribution in [0.2, 0.25) is 0 Å². The van der Waals surface area contributed by atoms with Crippen LogP contribution in [-0.2, 0) is 9.53 Å². The van der Waals surface area contributed by atoms with Crippen molar-refractivity contribution in [1.82, 2.24) is 10.2 Å². The lowest BCUT2D eigenvalue weighted by molar-refractivity contribution is -0.142. The fourth-order valence-electron chi connectivity index (χ4n) is 2.63. The van der Waals surface area contributed by atoms with Gasteiger partial charge in [0, 0.05) is 25.7 Å². The van der Waals surface area contributed by atoms with Gasteiger partial charge in [0.1, 0.15) is 0 Å². The number of carboxylic acids is 1. The van der Waals surface area contributed by atoms with E-state index in [9.17, 15) is 9.59 Å². The van der Waals surface area contributed by atoms with E-state index in [4.69, 9.17) is 9.84 Å². The number of ether oxygens (including phenoxy) is 1. The number of rotatable bonds is 2. The largest absolute Gasteiger partial charge is 0.481 e. The number of carbonyl (C=O) groups excluding carboxylic acids is 1. The molecule has 1 saturated heterocycles. The maximum atomic E-state index is 12.0. The lowest BCUT2D eigenvalue weighted by Gasteiger charge is -2.24. The van der Waals surface area contributed by atoms with Gasteiger partial charge in [0.25, 0.3) is 0 Å². The third-order valence-electron chi connectivity index (χ3n) is 3.65. The van der Waals surface area contributed by atoms with Crippen LogP contribution in [0.3, 0.4) is 0 Å². The predicted octanol–water partition coefficient (Wildman–Crippen LogP) is 0.672. The smallest absolute Gasteiger partial charge is 0.317 e. The second-order valence-electron chi connectivity index (χ2n) is 4.88. The summed E-state index contributed by atoms with van der Waals surface area (Å²) < 4.78 is 5.29. The van der Waals surface area contributed by atoms with Crippen molar-refractivity contribution < 1.29 is 19.4 Å². The Balaban J connectivity index is 1.87. The van der Waals surface area contributed by atoms with Crippen LogP contribution >= 0.6 is 0 Å². The topological polar surface area (TPSA) is 78.9 Å². The van der Waals surface area contributed by atoms with E-state index in [-0.39, 0.29) is 12.1 Å². The van der Waals surface area contributed by atoms with Crippen LogP contribution in [0, 0.1) is 5.92 Å². The molecule has 2 unspecified atom stereocenters. The Morgan fingerprint density at radius 3 is 2.78 bits per heavy atom. The molecular weight excluding hydrogens is 236 g/mol. The summed E-state index contributed by atoms with van der Waals surface area (Å²) in [4.78, 5) is 24.8. The van der Waals surface area contributed by atoms with Crippen LogP contribution in [-0.4, -0.2) is 54.4 Å². The number of amides is 2. The first-order valence-corrected chi connectivity index (χ1v) is 6.54. The average molecular weight is 256 g/mol. The predicted molar refractivity (Wildman–Crippen MR) is 64.3 cm³/mol. The van der Waals surface area contributed by atoms with Crippen molar-refractivity contribution in [1.29, 1.82) is 0 Å². The molecule has 2 fully saturated rings. The van der Waals surface area contributed by atoms with E-state index in [1.165, 1.54) is 0 Å². The van der Waals surface area contributed by atoms with Gasteiger partial charge in [0.15, 0.2) is 0 Å². The molecule has 0 aromatic heterocycles. The van der Waals surface area contributed by atoms with Gasteiger partial charge < -0.3 is 20.1 Å². The Bertz CT molecular complexity index is 313. The molecule has 18 heavy (non-hydrogen) atoms. The Kier molecular flexibility index (Phi) is 4.41. The van der Waals surface area contributed by atoms with Crippen molar-refractivity contribution in [3.63, 3.8) is 0 Å². The van der Waals surface area contributed by atoms with Gasteiger partial charge in [0.2, 0.25) is 0 Å². The summed E-state index contributed by atoms with van der Waals surface area (Å²) in [6.07, 6.45) is 3.11. The molecule has 1 saturated carbocycles. The van der Waals surface area contributed by atoms with E-state index in [0.717, 1.165) is 19.3 Å². The maximum absolute atomic E-state index is 12.0. The number of urea groups is 1. The molecule has 2 rings (SSSR count). The van der Waals surface area contributed by atoms with Crippen molar-refractivity contribution in [2.24, 2.45) is 5.92 Å². The monoisotopic (exact) mass is 256 g/mol. The van der Waals surface area contributed by atoms with Gasteiger partial charge in [-0.1, -0.05) is 6.42 Å². The summed E-state index contributed by atoms with van der Waals surface area (Å²) >= 11 is 0. The molecule has 2 aliphatic rings. The van der Waals surface area contributed by atoms with Gasteiger partial charge in [-0.25, -0.2) is 4.79 Å². The number of carboxylic acid groups (broad SMARTS) is 1. The summed E-state index contributed by atoms with van der Waals surface area (Å²) in [6, 6.07) is -0.377. The Labute approximate surface area is 106 Å². The van der Waals surface area contributed by atoms with E-state index >= 15 is 0 Å². The number of nitrogens with one attached hydrogen (secondary N) is 1. The molecule has 6 nitrogen and oxygen atoms in total. The van der Waals surface area contributed by atoms with Gasteiger partial charge in [-0.15, -0.1) is 0 Å². The fraction of sp³-hybridized carbons (Fsp3) is 0.833. The Morgan fingerprint density at radius 2 is 2.00 bits per heavy atom. The number of nitrogens with zero attached hydrogens (tertiary/aromatic N) is 1. The molecule has 2 atom stereocenters. The minimum absolute atomic E-state index is 0.154. The van der Waals surface area contributed by atoms with Crippen molar-refractivity contribution in [2.75, 3.05) is 26.3 Å². The quantitative estimate of drug-likeness (QED) is 0.761. The molecule has 2 N–H and O–H groups in total. The van der Waals surface area contributed by atoms with Crippen LogP contribution in [0.5, 0.6) is 0 Å². The summed E-state index contributed by atoms with van der Waals surface area (Å²) in [7, 11) is 0. The van der Waals surface area contributed by atoms with Crippen LogP contribution in [0.25, 0.3) is 0 Å². The molecule has 102 valence electrons. The SMILES string of the molecule is O=C(O)C1CCCC1NC(=O)N1CCCOCC1. The van der Waals surface area contributed by atoms with Crippen molar-refractivity contribution in [2.45, 2.75) is 31.7 Å². The number of hydrogen-bond acceptors (Lipinski definition) is 3. The summed E-state index contributed by atoms with van der Waals surface area (Å²) in [5, 5.41) is 11.9. The molecule has 0 aromatic rings. The zero-order valence-corrected chi connectivity index (χ0v) is 10.4. The van der Waals surface area contributed by atoms with Gasteiger partial charge in [-0.05, 0) is 19.3 Å². The molecule has 0 radical (unpaired) electrons. The summed E-state index contributed by atoms with van der Waals surface area (Å²) in [5.74, 6) is -1.24. The summed E-state index contributed by atoms with van der Waals surface area (Å²) in [6.45, 7) is 2.50. The fourth-order valence-corrected chi connectivity index (χ4v) is 2.63. The highest BCUT2D eigenvalue weighted by Crippen LogP contribution is 2.26. The second-order valence-corrected chi connectivity index (χ2v) is 4.88. The molecule has 1 aliphatic heterocycles. The van der Waals surface area contributed by atoms with Gasteiger partial charge in [0.05, 0.1) is 12.5 Å². The Hall–Kier alpha value is -1.30. The molecule has 1 heterocycles. The van der Waals surface area contributed by atoms with Crippen molar-refractivity contribution in [3.8, 4) is 0 Å². The van der Waals surface area contributed by atoms with Gasteiger partial charge in [-0.3, -0.25) is 4.79 Å². The summed E-state index contributed by atoms with van der Waals surface area (Å²) in [5.41, 5.74) is 0. The highest BCUT2D eigenvalue weighted by atomic mass is 16.5. The normalized spacial score (nSPS) is 28.8. The number of hydrogen-bond donors (Lipinski definition) is 2. The van der Waals surface area contributed by atoms with Crippen molar-refractivity contribution in [3.05, 3.63) is 0 Å². The first-order chi connectivity index (χ1) is 8.68. The van der Waals surface area contributed by atoms with Crippen LogP contribution in [0.1, 0.15) is 25.7 Å². The van der Waals surface area contributed by atoms with Crippen LogP contribution in [0.4, 0.5) is 4.79 Å². The minimum Gasteiger partial charge on any atom is -0.481 e. The van der Waals surface area contributed by atoms with Crippen LogP contribution < -0.4 is 5.32 Å². The maximum Gasteiger partial charge on any atom is 0.317 e. The molecule has 0 aromatic carbocycles. The lowest BCUT2D eigenvalue weighted by Crippen LogP contribution is -2.48. The lowest BCUT2D eigenvalue weighted by atomic mass is 10.0. The van der Waals surface area contributed by atoms with E-state index in [2.05, 4.69) is 5.32 Å². The van der Waals surface area contributed by atoms with E-state index in [1.807, 2.05) is 0 Å². The molecule has 2 amide bonds. The Morgan fingerprint density at radius 1 is 1.17 bits per heavy atom. The molecule has 1 aliphatic carbocycles. The number of carbonyl (C=O) groups is 2. The highest BCUT2D eigenvalue weighted by molar-refractivity contribution is 5.77. The van der Waals surface area contributed by atoms with Crippen molar-refractivity contribution >= 4 is 12.0 Å². The zero-order chi connectivity index (χ0) is 13.0. The van der Waals surface area contributed by atoms with E-state index < -0.39 is 11.9 Å². The first-order valence-electron chi connectivity index (χ1n) is 6.54. The van der Waals surface area contributed by atoms with E-state index in [1.54, 1.807) is 4.90 Å². The van der Waals surface area contributed by atoms with E-state index in [0.29, 0.717) is 32.7 Å². The van der Waals surface area contributed by atoms with Gasteiger partial charge >= 0.3 is 12.0 Å². The number of aliphatic carboxylic acids is 1. The third-order valence-corrected chi connectivity index (χ3v) is 3.65. The zero-order valence-electron chi connectivity index (χ0n) is 10.4.